The zero-order chi connectivity index (χ0) is 15.3. The minimum atomic E-state index is -0.763. The van der Waals surface area contributed by atoms with Crippen LogP contribution in [0.5, 0.6) is 0 Å². The Balaban J connectivity index is 2.05. The molecule has 0 aliphatic carbocycles. The summed E-state index contributed by atoms with van der Waals surface area (Å²) in [6, 6.07) is -0.0260. The first-order valence-corrected chi connectivity index (χ1v) is 7.94. The van der Waals surface area contributed by atoms with Crippen molar-refractivity contribution in [1.82, 2.24) is 9.80 Å². The number of nitrogens with zero attached hydrogens (tertiary/aromatic N) is 2. The third kappa shape index (κ3) is 3.67. The number of piperidine rings is 1. The van der Waals surface area contributed by atoms with Crippen LogP contribution in [0.2, 0.25) is 0 Å². The van der Waals surface area contributed by atoms with E-state index < -0.39 is 11.4 Å². The van der Waals surface area contributed by atoms with Crippen LogP contribution < -0.4 is 0 Å². The fraction of sp³-hybridized carbons (Fsp3) is 0.867. The van der Waals surface area contributed by atoms with Gasteiger partial charge in [0.15, 0.2) is 0 Å². The fourth-order valence-corrected chi connectivity index (χ4v) is 3.40. The summed E-state index contributed by atoms with van der Waals surface area (Å²) >= 11 is 0. The Kier molecular flexibility index (Phi) is 5.45. The Hall–Kier alpha value is -1.30. The summed E-state index contributed by atoms with van der Waals surface area (Å²) in [5.74, 6) is -0.763. The highest BCUT2D eigenvalue weighted by Gasteiger charge is 2.43. The van der Waals surface area contributed by atoms with E-state index in [0.717, 1.165) is 19.3 Å². The smallest absolute Gasteiger partial charge is 0.320 e. The molecule has 2 fully saturated rings. The zero-order valence-electron chi connectivity index (χ0n) is 12.8. The van der Waals surface area contributed by atoms with Crippen molar-refractivity contribution in [3.05, 3.63) is 0 Å². The number of carboxylic acids is 1. The largest absolute Gasteiger partial charge is 0.481 e. The number of ether oxygens (including phenoxy) is 1. The molecular weight excluding hydrogens is 272 g/mol. The molecule has 2 rings (SSSR count). The van der Waals surface area contributed by atoms with Gasteiger partial charge in [-0.05, 0) is 25.7 Å². The maximum Gasteiger partial charge on any atom is 0.320 e. The normalized spacial score (nSPS) is 27.3. The SMILES string of the molecule is CCCC1(C(=O)O)CCCN(C(=O)N2CCCOCC2)C1. The molecule has 6 heteroatoms. The molecule has 2 amide bonds. The van der Waals surface area contributed by atoms with Gasteiger partial charge in [-0.25, -0.2) is 4.79 Å². The second-order valence-electron chi connectivity index (χ2n) is 6.10. The van der Waals surface area contributed by atoms with E-state index in [9.17, 15) is 14.7 Å². The molecule has 0 saturated carbocycles. The summed E-state index contributed by atoms with van der Waals surface area (Å²) in [4.78, 5) is 27.9. The lowest BCUT2D eigenvalue weighted by atomic mass is 9.76. The van der Waals surface area contributed by atoms with Crippen LogP contribution >= 0.6 is 0 Å². The highest BCUT2D eigenvalue weighted by Crippen LogP contribution is 2.35. The van der Waals surface area contributed by atoms with E-state index in [1.54, 1.807) is 9.80 Å². The van der Waals surface area contributed by atoms with Crippen LogP contribution in [0.15, 0.2) is 0 Å². The fourth-order valence-electron chi connectivity index (χ4n) is 3.40. The minimum Gasteiger partial charge on any atom is -0.481 e. The van der Waals surface area contributed by atoms with Crippen molar-refractivity contribution in [2.75, 3.05) is 39.4 Å². The number of likely N-dealkylation sites (tertiary alicyclic amines) is 1. The van der Waals surface area contributed by atoms with Gasteiger partial charge in [-0.1, -0.05) is 13.3 Å². The number of aliphatic carboxylic acids is 1. The van der Waals surface area contributed by atoms with Gasteiger partial charge in [0.25, 0.3) is 0 Å². The van der Waals surface area contributed by atoms with E-state index in [1.807, 2.05) is 6.92 Å². The van der Waals surface area contributed by atoms with Crippen molar-refractivity contribution in [2.45, 2.75) is 39.0 Å². The monoisotopic (exact) mass is 298 g/mol. The molecule has 0 spiro atoms. The van der Waals surface area contributed by atoms with E-state index in [0.29, 0.717) is 52.2 Å². The van der Waals surface area contributed by atoms with Gasteiger partial charge in [0.1, 0.15) is 0 Å². The third-order valence-electron chi connectivity index (χ3n) is 4.52. The van der Waals surface area contributed by atoms with Gasteiger partial charge in [-0.3, -0.25) is 4.79 Å². The van der Waals surface area contributed by atoms with Crippen LogP contribution in [0.3, 0.4) is 0 Å². The van der Waals surface area contributed by atoms with Crippen molar-refractivity contribution in [2.24, 2.45) is 5.41 Å². The van der Waals surface area contributed by atoms with Crippen LogP contribution in [0.25, 0.3) is 0 Å². The first-order valence-electron chi connectivity index (χ1n) is 7.94. The molecule has 2 saturated heterocycles. The van der Waals surface area contributed by atoms with E-state index in [4.69, 9.17) is 4.74 Å². The maximum atomic E-state index is 12.6. The average molecular weight is 298 g/mol. The van der Waals surface area contributed by atoms with Crippen LogP contribution in [-0.4, -0.2) is 66.3 Å². The standard InChI is InChI=1S/C15H26N2O4/c1-2-5-15(13(18)19)6-3-7-17(12-15)14(20)16-8-4-10-21-11-9-16/h2-12H2,1H3,(H,18,19). The number of hydrogen-bond acceptors (Lipinski definition) is 3. The van der Waals surface area contributed by atoms with Crippen molar-refractivity contribution in [3.8, 4) is 0 Å². The Bertz CT molecular complexity index is 376. The number of urea groups is 1. The third-order valence-corrected chi connectivity index (χ3v) is 4.52. The molecule has 21 heavy (non-hydrogen) atoms. The quantitative estimate of drug-likeness (QED) is 0.862. The van der Waals surface area contributed by atoms with E-state index in [1.165, 1.54) is 0 Å². The molecule has 0 aromatic carbocycles. The lowest BCUT2D eigenvalue weighted by Gasteiger charge is -2.41. The summed E-state index contributed by atoms with van der Waals surface area (Å²) in [7, 11) is 0. The molecule has 6 nitrogen and oxygen atoms in total. The molecular formula is C15H26N2O4. The molecule has 2 heterocycles. The van der Waals surface area contributed by atoms with Gasteiger partial charge in [0.05, 0.1) is 12.0 Å². The van der Waals surface area contributed by atoms with Gasteiger partial charge in [-0.2, -0.15) is 0 Å². The molecule has 0 radical (unpaired) electrons. The van der Waals surface area contributed by atoms with Gasteiger partial charge in [0.2, 0.25) is 0 Å². The first kappa shape index (κ1) is 16.1. The van der Waals surface area contributed by atoms with Gasteiger partial charge in [-0.15, -0.1) is 0 Å². The van der Waals surface area contributed by atoms with Crippen LogP contribution in [0.4, 0.5) is 4.79 Å². The minimum absolute atomic E-state index is 0.0260. The molecule has 120 valence electrons. The summed E-state index contributed by atoms with van der Waals surface area (Å²) < 4.78 is 5.37. The lowest BCUT2D eigenvalue weighted by Crippen LogP contribution is -2.53. The van der Waals surface area contributed by atoms with Crippen molar-refractivity contribution in [3.63, 3.8) is 0 Å². The summed E-state index contributed by atoms with van der Waals surface area (Å²) in [6.07, 6.45) is 3.74. The molecule has 2 aliphatic rings. The van der Waals surface area contributed by atoms with Crippen molar-refractivity contribution >= 4 is 12.0 Å². The highest BCUT2D eigenvalue weighted by atomic mass is 16.5. The van der Waals surface area contributed by atoms with Crippen LogP contribution in [-0.2, 0) is 9.53 Å². The number of hydrogen-bond donors (Lipinski definition) is 1. The van der Waals surface area contributed by atoms with E-state index >= 15 is 0 Å². The first-order chi connectivity index (χ1) is 10.1. The average Bonchev–Trinajstić information content (AvgIpc) is 2.76. The maximum absolute atomic E-state index is 12.6. The zero-order valence-corrected chi connectivity index (χ0v) is 12.8. The molecule has 0 bridgehead atoms. The predicted octanol–water partition coefficient (Wildman–Crippen LogP) is 1.80. The predicted molar refractivity (Wildman–Crippen MR) is 78.2 cm³/mol. The second kappa shape index (κ2) is 7.11. The molecule has 1 unspecified atom stereocenters. The topological polar surface area (TPSA) is 70.1 Å². The van der Waals surface area contributed by atoms with Gasteiger partial charge in [0, 0.05) is 32.8 Å². The number of carbonyl (C=O) groups excluding carboxylic acids is 1. The number of carboxylic acid groups (broad SMARTS) is 1. The molecule has 0 aromatic rings. The molecule has 1 atom stereocenters. The Morgan fingerprint density at radius 3 is 2.62 bits per heavy atom. The van der Waals surface area contributed by atoms with E-state index in [2.05, 4.69) is 0 Å². The molecule has 0 aromatic heterocycles. The number of rotatable bonds is 3. The lowest BCUT2D eigenvalue weighted by molar-refractivity contribution is -0.152. The van der Waals surface area contributed by atoms with Crippen LogP contribution in [0, 0.1) is 5.41 Å². The summed E-state index contributed by atoms with van der Waals surface area (Å²) in [6.45, 7) is 5.56. The van der Waals surface area contributed by atoms with Gasteiger partial charge >= 0.3 is 12.0 Å². The summed E-state index contributed by atoms with van der Waals surface area (Å²) in [5.41, 5.74) is -0.759. The number of amides is 2. The Morgan fingerprint density at radius 1 is 1.14 bits per heavy atom. The van der Waals surface area contributed by atoms with Gasteiger partial charge < -0.3 is 19.6 Å². The molecule has 2 aliphatic heterocycles. The van der Waals surface area contributed by atoms with E-state index in [-0.39, 0.29) is 6.03 Å². The van der Waals surface area contributed by atoms with Crippen LogP contribution in [0.1, 0.15) is 39.0 Å². The van der Waals surface area contributed by atoms with Crippen molar-refractivity contribution < 1.29 is 19.4 Å². The van der Waals surface area contributed by atoms with Crippen molar-refractivity contribution in [1.29, 1.82) is 0 Å². The molecule has 1 N–H and O–H groups in total. The Morgan fingerprint density at radius 2 is 1.90 bits per heavy atom. The Labute approximate surface area is 126 Å². The summed E-state index contributed by atoms with van der Waals surface area (Å²) in [5, 5.41) is 9.60. The second-order valence-corrected chi connectivity index (χ2v) is 6.10. The number of carbonyl (C=O) groups is 2. The highest BCUT2D eigenvalue weighted by molar-refractivity contribution is 5.79.